The number of hydrogen-bond donors (Lipinski definition) is 2. The number of nitro groups is 1. The van der Waals surface area contributed by atoms with Crippen LogP contribution in [0.15, 0.2) is 24.3 Å². The summed E-state index contributed by atoms with van der Waals surface area (Å²) in [7, 11) is 0. The van der Waals surface area contributed by atoms with Crippen molar-refractivity contribution in [1.82, 2.24) is 5.32 Å². The Morgan fingerprint density at radius 3 is 2.43 bits per heavy atom. The van der Waals surface area contributed by atoms with E-state index < -0.39 is 11.0 Å². The zero-order valence-corrected chi connectivity index (χ0v) is 12.7. The summed E-state index contributed by atoms with van der Waals surface area (Å²) in [6.45, 7) is 5.09. The van der Waals surface area contributed by atoms with Crippen LogP contribution in [-0.4, -0.2) is 22.6 Å². The van der Waals surface area contributed by atoms with E-state index in [1.165, 1.54) is 25.0 Å². The van der Waals surface area contributed by atoms with Crippen molar-refractivity contribution in [3.05, 3.63) is 39.9 Å². The summed E-state index contributed by atoms with van der Waals surface area (Å²) in [4.78, 5) is 10.2. The first-order valence-electron chi connectivity index (χ1n) is 7.53. The quantitative estimate of drug-likeness (QED) is 0.645. The molecule has 5 heteroatoms. The second-order valence-electron chi connectivity index (χ2n) is 6.71. The number of rotatable bonds is 5. The predicted octanol–water partition coefficient (Wildman–Crippen LogP) is 3.19. The van der Waals surface area contributed by atoms with Gasteiger partial charge in [0.2, 0.25) is 0 Å². The van der Waals surface area contributed by atoms with E-state index >= 15 is 0 Å². The number of non-ortho nitro benzene ring substituents is 1. The summed E-state index contributed by atoms with van der Waals surface area (Å²) in [6.07, 6.45) is 4.07. The molecule has 0 radical (unpaired) electrons. The number of aliphatic hydroxyl groups is 1. The van der Waals surface area contributed by atoms with E-state index in [1.54, 1.807) is 12.1 Å². The molecule has 2 N–H and O–H groups in total. The van der Waals surface area contributed by atoms with Gasteiger partial charge >= 0.3 is 0 Å². The molecule has 116 valence electrons. The lowest BCUT2D eigenvalue weighted by Crippen LogP contribution is -2.37. The first-order chi connectivity index (χ1) is 9.87. The fraction of sp³-hybridized carbons (Fsp3) is 0.625. The molecule has 1 aliphatic carbocycles. The average Bonchev–Trinajstić information content (AvgIpc) is 2.46. The van der Waals surface area contributed by atoms with Gasteiger partial charge in [-0.2, -0.15) is 0 Å². The van der Waals surface area contributed by atoms with E-state index in [2.05, 4.69) is 19.2 Å². The monoisotopic (exact) mass is 292 g/mol. The number of nitro benzene ring substituents is 1. The Bertz CT molecular complexity index is 475. The molecule has 1 unspecified atom stereocenters. The van der Waals surface area contributed by atoms with E-state index in [1.807, 2.05) is 0 Å². The molecule has 1 atom stereocenters. The zero-order chi connectivity index (χ0) is 15.5. The maximum absolute atomic E-state index is 10.6. The normalized spacial score (nSPS) is 20.1. The van der Waals surface area contributed by atoms with Crippen molar-refractivity contribution in [2.45, 2.75) is 51.7 Å². The molecule has 1 aromatic rings. The summed E-state index contributed by atoms with van der Waals surface area (Å²) in [5, 5.41) is 24.2. The number of nitrogens with one attached hydrogen (secondary N) is 1. The SMILES string of the molecule is CC1(C)CCC(NCC(O)c2ccc([N+](=O)[O-])cc2)CC1. The number of aliphatic hydroxyl groups excluding tert-OH is 1. The number of benzene rings is 1. The fourth-order valence-corrected chi connectivity index (χ4v) is 2.82. The van der Waals surface area contributed by atoms with Gasteiger partial charge in [0.25, 0.3) is 5.69 Å². The van der Waals surface area contributed by atoms with E-state index in [9.17, 15) is 15.2 Å². The van der Waals surface area contributed by atoms with Crippen LogP contribution in [0.2, 0.25) is 0 Å². The van der Waals surface area contributed by atoms with Gasteiger partial charge in [0, 0.05) is 24.7 Å². The lowest BCUT2D eigenvalue weighted by molar-refractivity contribution is -0.384. The van der Waals surface area contributed by atoms with Gasteiger partial charge in [-0.25, -0.2) is 0 Å². The number of hydrogen-bond acceptors (Lipinski definition) is 4. The Morgan fingerprint density at radius 1 is 1.33 bits per heavy atom. The molecule has 0 amide bonds. The molecule has 0 aliphatic heterocycles. The Hall–Kier alpha value is -1.46. The highest BCUT2D eigenvalue weighted by Gasteiger charge is 2.26. The van der Waals surface area contributed by atoms with Gasteiger partial charge in [-0.15, -0.1) is 0 Å². The number of nitrogens with zero attached hydrogens (tertiary/aromatic N) is 1. The summed E-state index contributed by atoms with van der Waals surface area (Å²) in [5.41, 5.74) is 1.20. The van der Waals surface area contributed by atoms with E-state index in [-0.39, 0.29) is 5.69 Å². The molecule has 0 spiro atoms. The maximum Gasteiger partial charge on any atom is 0.269 e. The first kappa shape index (κ1) is 15.9. The third kappa shape index (κ3) is 4.51. The van der Waals surface area contributed by atoms with Gasteiger partial charge in [0.05, 0.1) is 11.0 Å². The summed E-state index contributed by atoms with van der Waals surface area (Å²) < 4.78 is 0. The van der Waals surface area contributed by atoms with Crippen LogP contribution in [0.1, 0.15) is 51.2 Å². The Morgan fingerprint density at radius 2 is 1.90 bits per heavy atom. The van der Waals surface area contributed by atoms with E-state index in [0.717, 1.165) is 12.8 Å². The van der Waals surface area contributed by atoms with Crippen molar-refractivity contribution in [3.63, 3.8) is 0 Å². The van der Waals surface area contributed by atoms with E-state index in [4.69, 9.17) is 0 Å². The maximum atomic E-state index is 10.6. The Kier molecular flexibility index (Phi) is 4.96. The minimum atomic E-state index is -0.624. The molecule has 0 bridgehead atoms. The Labute approximate surface area is 125 Å². The summed E-state index contributed by atoms with van der Waals surface area (Å²) in [6, 6.07) is 6.57. The van der Waals surface area contributed by atoms with Crippen molar-refractivity contribution < 1.29 is 10.0 Å². The second-order valence-corrected chi connectivity index (χ2v) is 6.71. The molecule has 1 aliphatic rings. The van der Waals surface area contributed by atoms with Crippen LogP contribution in [0.3, 0.4) is 0 Å². The van der Waals surface area contributed by atoms with Crippen LogP contribution in [0.4, 0.5) is 5.69 Å². The molecular weight excluding hydrogens is 268 g/mol. The average molecular weight is 292 g/mol. The van der Waals surface area contributed by atoms with Gasteiger partial charge in [-0.3, -0.25) is 10.1 Å². The molecule has 5 nitrogen and oxygen atoms in total. The molecule has 1 aromatic carbocycles. The van der Waals surface area contributed by atoms with Gasteiger partial charge in [0.1, 0.15) is 0 Å². The molecule has 1 saturated carbocycles. The highest BCUT2D eigenvalue weighted by atomic mass is 16.6. The lowest BCUT2D eigenvalue weighted by Gasteiger charge is -2.35. The van der Waals surface area contributed by atoms with Gasteiger partial charge in [-0.1, -0.05) is 13.8 Å². The zero-order valence-electron chi connectivity index (χ0n) is 12.7. The summed E-state index contributed by atoms with van der Waals surface area (Å²) in [5.74, 6) is 0. The van der Waals surface area contributed by atoms with Crippen molar-refractivity contribution in [1.29, 1.82) is 0 Å². The topological polar surface area (TPSA) is 75.4 Å². The molecule has 1 fully saturated rings. The predicted molar refractivity (Wildman–Crippen MR) is 82.1 cm³/mol. The molecule has 2 rings (SSSR count). The minimum Gasteiger partial charge on any atom is -0.387 e. The van der Waals surface area contributed by atoms with Gasteiger partial charge in [-0.05, 0) is 48.8 Å². The minimum absolute atomic E-state index is 0.0495. The highest BCUT2D eigenvalue weighted by molar-refractivity contribution is 5.33. The largest absolute Gasteiger partial charge is 0.387 e. The molecule has 0 saturated heterocycles. The van der Waals surface area contributed by atoms with Crippen LogP contribution in [0.25, 0.3) is 0 Å². The van der Waals surface area contributed by atoms with Crippen molar-refractivity contribution in [2.75, 3.05) is 6.54 Å². The first-order valence-corrected chi connectivity index (χ1v) is 7.53. The van der Waals surface area contributed by atoms with Crippen molar-refractivity contribution in [3.8, 4) is 0 Å². The molecule has 21 heavy (non-hydrogen) atoms. The van der Waals surface area contributed by atoms with Crippen LogP contribution < -0.4 is 5.32 Å². The van der Waals surface area contributed by atoms with Crippen LogP contribution >= 0.6 is 0 Å². The highest BCUT2D eigenvalue weighted by Crippen LogP contribution is 2.35. The van der Waals surface area contributed by atoms with Crippen LogP contribution in [0.5, 0.6) is 0 Å². The fourth-order valence-electron chi connectivity index (χ4n) is 2.82. The molecular formula is C16H24N2O3. The third-order valence-electron chi connectivity index (χ3n) is 4.43. The summed E-state index contributed by atoms with van der Waals surface area (Å²) >= 11 is 0. The Balaban J connectivity index is 1.82. The molecule has 0 heterocycles. The van der Waals surface area contributed by atoms with E-state index in [0.29, 0.717) is 23.6 Å². The van der Waals surface area contributed by atoms with Gasteiger partial charge in [0.15, 0.2) is 0 Å². The third-order valence-corrected chi connectivity index (χ3v) is 4.43. The van der Waals surface area contributed by atoms with Crippen LogP contribution in [-0.2, 0) is 0 Å². The molecule has 0 aromatic heterocycles. The standard InChI is InChI=1S/C16H24N2O3/c1-16(2)9-7-13(8-10-16)17-11-15(19)12-3-5-14(6-4-12)18(20)21/h3-6,13,15,17,19H,7-11H2,1-2H3. The van der Waals surface area contributed by atoms with Crippen molar-refractivity contribution >= 4 is 5.69 Å². The van der Waals surface area contributed by atoms with Gasteiger partial charge < -0.3 is 10.4 Å². The second kappa shape index (κ2) is 6.54. The lowest BCUT2D eigenvalue weighted by atomic mass is 9.75. The van der Waals surface area contributed by atoms with Crippen LogP contribution in [0, 0.1) is 15.5 Å². The smallest absolute Gasteiger partial charge is 0.269 e. The van der Waals surface area contributed by atoms with Crippen molar-refractivity contribution in [2.24, 2.45) is 5.41 Å².